The number of hydrogen-bond donors (Lipinski definition) is 3. The zero-order valence-electron chi connectivity index (χ0n) is 14.8. The number of nitrogens with zero attached hydrogens (tertiary/aromatic N) is 1. The Kier molecular flexibility index (Phi) is 9.81. The molecule has 2 amide bonds. The number of anilines is 2. The highest BCUT2D eigenvalue weighted by molar-refractivity contribution is 6.06. The third kappa shape index (κ3) is 6.72. The van der Waals surface area contributed by atoms with Crippen LogP contribution in [0.15, 0.2) is 42.6 Å². The molecule has 2 aromatic rings. The van der Waals surface area contributed by atoms with Crippen LogP contribution in [0.2, 0.25) is 0 Å². The molecule has 0 aliphatic carbocycles. The number of morpholine rings is 1. The summed E-state index contributed by atoms with van der Waals surface area (Å²) in [6.45, 7) is 1.88. The van der Waals surface area contributed by atoms with Crippen LogP contribution < -0.4 is 16.0 Å². The summed E-state index contributed by atoms with van der Waals surface area (Å²) in [5, 5.41) is 8.41. The number of amides is 2. The minimum Gasteiger partial charge on any atom is -0.375 e. The van der Waals surface area contributed by atoms with E-state index in [9.17, 15) is 14.0 Å². The minimum absolute atomic E-state index is 0. The molecule has 7 nitrogen and oxygen atoms in total. The lowest BCUT2D eigenvalue weighted by molar-refractivity contribution is -0.119. The first kappa shape index (κ1) is 23.8. The first-order chi connectivity index (χ1) is 12.6. The summed E-state index contributed by atoms with van der Waals surface area (Å²) in [5.74, 6) is -1.29. The molecule has 0 radical (unpaired) electrons. The van der Waals surface area contributed by atoms with E-state index in [4.69, 9.17) is 4.74 Å². The minimum atomic E-state index is -0.522. The molecule has 1 saturated heterocycles. The summed E-state index contributed by atoms with van der Waals surface area (Å²) in [4.78, 5) is 28.4. The molecule has 1 atom stereocenters. The fourth-order valence-corrected chi connectivity index (χ4v) is 2.57. The van der Waals surface area contributed by atoms with E-state index in [1.807, 2.05) is 0 Å². The smallest absolute Gasteiger partial charge is 0.274 e. The number of halogens is 3. The van der Waals surface area contributed by atoms with Crippen molar-refractivity contribution in [1.82, 2.24) is 10.3 Å². The molecule has 1 unspecified atom stereocenters. The highest BCUT2D eigenvalue weighted by Crippen LogP contribution is 2.24. The number of benzene rings is 1. The number of ether oxygens (including phenoxy) is 1. The molecule has 152 valence electrons. The molecule has 3 rings (SSSR count). The van der Waals surface area contributed by atoms with E-state index in [0.29, 0.717) is 13.2 Å². The van der Waals surface area contributed by atoms with Crippen molar-refractivity contribution in [2.24, 2.45) is 0 Å². The maximum atomic E-state index is 13.6. The van der Waals surface area contributed by atoms with Crippen molar-refractivity contribution in [1.29, 1.82) is 0 Å². The molecule has 28 heavy (non-hydrogen) atoms. The van der Waals surface area contributed by atoms with Crippen molar-refractivity contribution >= 4 is 48.0 Å². The summed E-state index contributed by atoms with van der Waals surface area (Å²) in [7, 11) is 0. The summed E-state index contributed by atoms with van der Waals surface area (Å²) in [6.07, 6.45) is 1.40. The van der Waals surface area contributed by atoms with Crippen LogP contribution in [0.3, 0.4) is 0 Å². The topological polar surface area (TPSA) is 92.4 Å². The van der Waals surface area contributed by atoms with Gasteiger partial charge in [0.25, 0.3) is 5.91 Å². The summed E-state index contributed by atoms with van der Waals surface area (Å²) < 4.78 is 19.1. The van der Waals surface area contributed by atoms with E-state index in [1.54, 1.807) is 18.2 Å². The van der Waals surface area contributed by atoms with Gasteiger partial charge in [0.1, 0.15) is 11.5 Å². The van der Waals surface area contributed by atoms with Gasteiger partial charge in [-0.3, -0.25) is 14.6 Å². The Morgan fingerprint density at radius 1 is 1.18 bits per heavy atom. The highest BCUT2D eigenvalue weighted by atomic mass is 35.5. The van der Waals surface area contributed by atoms with Crippen molar-refractivity contribution < 1.29 is 18.7 Å². The highest BCUT2D eigenvalue weighted by Gasteiger charge is 2.19. The molecule has 1 fully saturated rings. The average Bonchev–Trinajstić information content (AvgIpc) is 2.65. The molecule has 1 aliphatic heterocycles. The number of nitrogens with one attached hydrogen (secondary N) is 3. The van der Waals surface area contributed by atoms with Crippen molar-refractivity contribution in [2.45, 2.75) is 12.5 Å². The van der Waals surface area contributed by atoms with E-state index >= 15 is 0 Å². The van der Waals surface area contributed by atoms with Gasteiger partial charge < -0.3 is 20.7 Å². The van der Waals surface area contributed by atoms with Gasteiger partial charge in [0, 0.05) is 19.3 Å². The van der Waals surface area contributed by atoms with Gasteiger partial charge in [0.15, 0.2) is 0 Å². The Morgan fingerprint density at radius 3 is 2.68 bits per heavy atom. The second-order valence-electron chi connectivity index (χ2n) is 5.81. The average molecular weight is 431 g/mol. The van der Waals surface area contributed by atoms with Gasteiger partial charge >= 0.3 is 0 Å². The fourth-order valence-electron chi connectivity index (χ4n) is 2.57. The molecule has 3 N–H and O–H groups in total. The van der Waals surface area contributed by atoms with Crippen LogP contribution in [0.5, 0.6) is 0 Å². The van der Waals surface area contributed by atoms with Crippen molar-refractivity contribution in [3.63, 3.8) is 0 Å². The van der Waals surface area contributed by atoms with Crippen LogP contribution in [0.1, 0.15) is 16.9 Å². The maximum Gasteiger partial charge on any atom is 0.274 e. The third-order valence-corrected chi connectivity index (χ3v) is 3.82. The van der Waals surface area contributed by atoms with Gasteiger partial charge in [-0.2, -0.15) is 0 Å². The molecule has 10 heteroatoms. The monoisotopic (exact) mass is 430 g/mol. The van der Waals surface area contributed by atoms with Crippen LogP contribution in [0.4, 0.5) is 15.8 Å². The van der Waals surface area contributed by atoms with E-state index in [-0.39, 0.29) is 60.3 Å². The number of carbonyl (C=O) groups excluding carboxylic acids is 2. The Bertz CT molecular complexity index is 790. The lowest BCUT2D eigenvalue weighted by Gasteiger charge is -2.23. The first-order valence-electron chi connectivity index (χ1n) is 8.26. The Labute approximate surface area is 174 Å². The van der Waals surface area contributed by atoms with Crippen LogP contribution in [-0.2, 0) is 9.53 Å². The summed E-state index contributed by atoms with van der Waals surface area (Å²) in [5.41, 5.74) is 0.692. The van der Waals surface area contributed by atoms with Crippen LogP contribution in [-0.4, -0.2) is 42.6 Å². The zero-order chi connectivity index (χ0) is 18.4. The van der Waals surface area contributed by atoms with E-state index < -0.39 is 11.7 Å². The van der Waals surface area contributed by atoms with Crippen LogP contribution in [0, 0.1) is 5.82 Å². The van der Waals surface area contributed by atoms with Crippen molar-refractivity contribution in [3.8, 4) is 0 Å². The second-order valence-corrected chi connectivity index (χ2v) is 5.81. The lowest BCUT2D eigenvalue weighted by Crippen LogP contribution is -2.40. The predicted octanol–water partition coefficient (Wildman–Crippen LogP) is 2.63. The maximum absolute atomic E-state index is 13.6. The predicted molar refractivity (Wildman–Crippen MR) is 109 cm³/mol. The van der Waals surface area contributed by atoms with E-state index in [0.717, 1.165) is 12.6 Å². The Balaban J connectivity index is 0.00000196. The van der Waals surface area contributed by atoms with Gasteiger partial charge in [-0.05, 0) is 30.3 Å². The number of aromatic nitrogens is 1. The number of hydrogen-bond acceptors (Lipinski definition) is 5. The summed E-state index contributed by atoms with van der Waals surface area (Å²) in [6, 6.07) is 8.70. The molecular formula is C18H21Cl2FN4O3. The van der Waals surface area contributed by atoms with Crippen molar-refractivity contribution in [2.75, 3.05) is 30.3 Å². The van der Waals surface area contributed by atoms with Gasteiger partial charge in [-0.15, -0.1) is 24.8 Å². The quantitative estimate of drug-likeness (QED) is 0.677. The molecule has 0 saturated carbocycles. The third-order valence-electron chi connectivity index (χ3n) is 3.82. The molecule has 0 spiro atoms. The Morgan fingerprint density at radius 2 is 2.00 bits per heavy atom. The Hall–Kier alpha value is -2.26. The molecular weight excluding hydrogens is 410 g/mol. The number of carbonyl (C=O) groups is 2. The largest absolute Gasteiger partial charge is 0.375 e. The van der Waals surface area contributed by atoms with Gasteiger partial charge in [-0.1, -0.05) is 6.07 Å². The van der Waals surface area contributed by atoms with E-state index in [1.165, 1.54) is 18.3 Å². The molecule has 2 heterocycles. The SMILES string of the molecule is Cl.Cl.O=C(CC1CNCCO1)Nc1cc(F)ccc1NC(=O)c1ccccn1. The van der Waals surface area contributed by atoms with Gasteiger partial charge in [0.05, 0.1) is 30.5 Å². The molecule has 1 aromatic heterocycles. The summed E-state index contributed by atoms with van der Waals surface area (Å²) >= 11 is 0. The standard InChI is InChI=1S/C18H19FN4O3.2ClH/c19-12-4-5-14(23-18(25)15-3-1-2-6-21-15)16(9-12)22-17(24)10-13-11-20-7-8-26-13;;/h1-6,9,13,20H,7-8,10-11H2,(H,22,24)(H,23,25);2*1H. The normalized spacial score (nSPS) is 15.5. The van der Waals surface area contributed by atoms with Crippen LogP contribution >= 0.6 is 24.8 Å². The molecule has 0 bridgehead atoms. The molecule has 1 aromatic carbocycles. The number of pyridine rings is 1. The van der Waals surface area contributed by atoms with Gasteiger partial charge in [0.2, 0.25) is 5.91 Å². The number of rotatable bonds is 5. The first-order valence-corrected chi connectivity index (χ1v) is 8.26. The second kappa shape index (κ2) is 11.6. The van der Waals surface area contributed by atoms with E-state index in [2.05, 4.69) is 20.9 Å². The fraction of sp³-hybridized carbons (Fsp3) is 0.278. The van der Waals surface area contributed by atoms with Crippen molar-refractivity contribution in [3.05, 3.63) is 54.1 Å². The lowest BCUT2D eigenvalue weighted by atomic mass is 10.2. The van der Waals surface area contributed by atoms with Crippen LogP contribution in [0.25, 0.3) is 0 Å². The molecule has 1 aliphatic rings. The zero-order valence-corrected chi connectivity index (χ0v) is 16.4. The van der Waals surface area contributed by atoms with Gasteiger partial charge in [-0.25, -0.2) is 4.39 Å².